The zero-order valence-corrected chi connectivity index (χ0v) is 17.6. The first-order chi connectivity index (χ1) is 15.3. The van der Waals surface area contributed by atoms with Gasteiger partial charge in [0.25, 0.3) is 11.8 Å². The molecule has 2 N–H and O–H groups in total. The number of fused-ring (bicyclic) bond motifs is 1. The normalized spacial score (nSPS) is 17.2. The Morgan fingerprint density at radius 1 is 1.12 bits per heavy atom. The summed E-state index contributed by atoms with van der Waals surface area (Å²) >= 11 is 0. The molecule has 2 heterocycles. The van der Waals surface area contributed by atoms with Gasteiger partial charge in [-0.05, 0) is 68.3 Å². The molecule has 2 amide bonds. The van der Waals surface area contributed by atoms with Gasteiger partial charge in [0, 0.05) is 24.4 Å². The highest BCUT2D eigenvalue weighted by Gasteiger charge is 2.31. The van der Waals surface area contributed by atoms with Crippen molar-refractivity contribution in [3.8, 4) is 5.75 Å². The Labute approximate surface area is 184 Å². The van der Waals surface area contributed by atoms with Gasteiger partial charge in [0.2, 0.25) is 0 Å². The minimum atomic E-state index is -0.762. The lowest BCUT2D eigenvalue weighted by atomic mass is 9.90. The summed E-state index contributed by atoms with van der Waals surface area (Å²) < 4.78 is 32.4. The fourth-order valence-corrected chi connectivity index (χ4v) is 4.10. The second-order valence-electron chi connectivity index (χ2n) is 7.96. The van der Waals surface area contributed by atoms with Gasteiger partial charge in [-0.25, -0.2) is 8.78 Å². The van der Waals surface area contributed by atoms with E-state index in [0.29, 0.717) is 35.4 Å². The fraction of sp³-hybridized carbons (Fsp3) is 0.292. The average molecular weight is 439 g/mol. The number of nitrogens with two attached hydrogens (primary N) is 1. The number of pyridine rings is 1. The summed E-state index contributed by atoms with van der Waals surface area (Å²) in [5.41, 5.74) is 6.90. The van der Waals surface area contributed by atoms with E-state index in [0.717, 1.165) is 12.8 Å². The Morgan fingerprint density at radius 2 is 1.84 bits per heavy atom. The molecule has 1 saturated heterocycles. The first-order valence-electron chi connectivity index (χ1n) is 10.4. The summed E-state index contributed by atoms with van der Waals surface area (Å²) in [5, 5.41) is 0.493. The van der Waals surface area contributed by atoms with Gasteiger partial charge in [0.15, 0.2) is 6.10 Å². The molecule has 0 saturated carbocycles. The zero-order valence-electron chi connectivity index (χ0n) is 17.6. The predicted molar refractivity (Wildman–Crippen MR) is 115 cm³/mol. The van der Waals surface area contributed by atoms with E-state index in [9.17, 15) is 18.4 Å². The fourth-order valence-electron chi connectivity index (χ4n) is 4.10. The van der Waals surface area contributed by atoms with Gasteiger partial charge >= 0.3 is 0 Å². The highest BCUT2D eigenvalue weighted by atomic mass is 19.1. The summed E-state index contributed by atoms with van der Waals surface area (Å²) in [6.07, 6.45) is 0.695. The van der Waals surface area contributed by atoms with E-state index in [4.69, 9.17) is 10.5 Å². The number of hydrogen-bond donors (Lipinski definition) is 1. The molecule has 166 valence electrons. The lowest BCUT2D eigenvalue weighted by molar-refractivity contribution is -0.139. The summed E-state index contributed by atoms with van der Waals surface area (Å²) in [7, 11) is 0. The molecule has 1 aromatic heterocycles. The predicted octanol–water partition coefficient (Wildman–Crippen LogP) is 3.79. The Hall–Kier alpha value is -3.55. The molecule has 0 bridgehead atoms. The molecule has 1 fully saturated rings. The summed E-state index contributed by atoms with van der Waals surface area (Å²) in [6, 6.07) is 11.2. The number of nitrogens with zero attached hydrogens (tertiary/aromatic N) is 2. The SMILES string of the molecule is C[C@H](Oc1ccc(F)cc1)C(=O)N1CCC[C@@H](c2nc3ccc(F)cc3cc2C(N)=O)C1. The third kappa shape index (κ3) is 4.54. The number of piperidine rings is 1. The van der Waals surface area contributed by atoms with Crippen LogP contribution in [0.25, 0.3) is 10.9 Å². The number of ether oxygens (including phenoxy) is 1. The molecule has 0 spiro atoms. The van der Waals surface area contributed by atoms with Crippen molar-refractivity contribution in [3.05, 3.63) is 71.4 Å². The number of aromatic nitrogens is 1. The van der Waals surface area contributed by atoms with Crippen molar-refractivity contribution in [2.24, 2.45) is 5.73 Å². The van der Waals surface area contributed by atoms with E-state index >= 15 is 0 Å². The number of carbonyl (C=O) groups is 2. The molecule has 2 aromatic carbocycles. The van der Waals surface area contributed by atoms with Gasteiger partial charge < -0.3 is 15.4 Å². The van der Waals surface area contributed by atoms with E-state index in [2.05, 4.69) is 4.98 Å². The molecule has 0 unspecified atom stereocenters. The highest BCUT2D eigenvalue weighted by Crippen LogP contribution is 2.31. The maximum Gasteiger partial charge on any atom is 0.263 e. The first-order valence-corrected chi connectivity index (χ1v) is 10.4. The van der Waals surface area contributed by atoms with Crippen molar-refractivity contribution in [2.75, 3.05) is 13.1 Å². The number of primary amides is 1. The number of hydrogen-bond acceptors (Lipinski definition) is 4. The molecule has 2 atom stereocenters. The molecule has 8 heteroatoms. The van der Waals surface area contributed by atoms with Crippen LogP contribution in [0.4, 0.5) is 8.78 Å². The number of halogens is 2. The minimum Gasteiger partial charge on any atom is -0.481 e. The van der Waals surface area contributed by atoms with E-state index in [1.165, 1.54) is 36.4 Å². The van der Waals surface area contributed by atoms with Crippen molar-refractivity contribution in [3.63, 3.8) is 0 Å². The van der Waals surface area contributed by atoms with Crippen molar-refractivity contribution in [2.45, 2.75) is 31.8 Å². The van der Waals surface area contributed by atoms with Crippen molar-refractivity contribution in [1.29, 1.82) is 0 Å². The molecular weight excluding hydrogens is 416 g/mol. The van der Waals surface area contributed by atoms with Crippen LogP contribution >= 0.6 is 0 Å². The molecule has 32 heavy (non-hydrogen) atoms. The largest absolute Gasteiger partial charge is 0.481 e. The van der Waals surface area contributed by atoms with Gasteiger partial charge in [0.05, 0.1) is 16.8 Å². The van der Waals surface area contributed by atoms with Crippen LogP contribution in [0.5, 0.6) is 5.75 Å². The van der Waals surface area contributed by atoms with Gasteiger partial charge in [-0.2, -0.15) is 0 Å². The summed E-state index contributed by atoms with van der Waals surface area (Å²) in [4.78, 5) is 31.4. The van der Waals surface area contributed by atoms with Crippen LogP contribution in [0.15, 0.2) is 48.5 Å². The van der Waals surface area contributed by atoms with Crippen LogP contribution in [0, 0.1) is 11.6 Å². The first kappa shape index (κ1) is 21.7. The standard InChI is InChI=1S/C24H23F2N3O3/c1-14(32-19-7-4-17(25)5-8-19)24(31)29-10-2-3-15(13-29)22-20(23(27)30)12-16-11-18(26)6-9-21(16)28-22/h4-9,11-12,14-15H,2-3,10,13H2,1H3,(H2,27,30)/t14-,15+/m0/s1. The Bertz CT molecular complexity index is 1170. The van der Waals surface area contributed by atoms with E-state index in [1.54, 1.807) is 24.0 Å². The van der Waals surface area contributed by atoms with Crippen LogP contribution in [-0.2, 0) is 4.79 Å². The molecule has 1 aliphatic rings. The lowest BCUT2D eigenvalue weighted by Gasteiger charge is -2.34. The van der Waals surface area contributed by atoms with Gasteiger partial charge in [-0.3, -0.25) is 14.6 Å². The molecular formula is C24H23F2N3O3. The molecule has 1 aliphatic heterocycles. The number of carbonyl (C=O) groups excluding carboxylic acids is 2. The Morgan fingerprint density at radius 3 is 2.56 bits per heavy atom. The second-order valence-corrected chi connectivity index (χ2v) is 7.96. The van der Waals surface area contributed by atoms with E-state index in [-0.39, 0.29) is 23.2 Å². The van der Waals surface area contributed by atoms with Gasteiger partial charge in [0.1, 0.15) is 17.4 Å². The van der Waals surface area contributed by atoms with Crippen LogP contribution < -0.4 is 10.5 Å². The summed E-state index contributed by atoms with van der Waals surface area (Å²) in [5.74, 6) is -1.45. The second kappa shape index (κ2) is 8.90. The van der Waals surface area contributed by atoms with Crippen LogP contribution in [0.3, 0.4) is 0 Å². The monoisotopic (exact) mass is 439 g/mol. The van der Waals surface area contributed by atoms with Gasteiger partial charge in [-0.1, -0.05) is 0 Å². The number of likely N-dealkylation sites (tertiary alicyclic amines) is 1. The zero-order chi connectivity index (χ0) is 22.8. The third-order valence-corrected chi connectivity index (χ3v) is 5.67. The number of rotatable bonds is 5. The van der Waals surface area contributed by atoms with Crippen molar-refractivity contribution < 1.29 is 23.1 Å². The van der Waals surface area contributed by atoms with Crippen LogP contribution in [-0.4, -0.2) is 40.9 Å². The number of amides is 2. The molecule has 4 rings (SSSR count). The summed E-state index contributed by atoms with van der Waals surface area (Å²) in [6.45, 7) is 2.56. The van der Waals surface area contributed by atoms with Crippen LogP contribution in [0.1, 0.15) is 41.7 Å². The topological polar surface area (TPSA) is 85.5 Å². The van der Waals surface area contributed by atoms with Gasteiger partial charge in [-0.15, -0.1) is 0 Å². The smallest absolute Gasteiger partial charge is 0.263 e. The third-order valence-electron chi connectivity index (χ3n) is 5.67. The number of benzene rings is 2. The van der Waals surface area contributed by atoms with Crippen molar-refractivity contribution >= 4 is 22.7 Å². The van der Waals surface area contributed by atoms with E-state index < -0.39 is 17.8 Å². The lowest BCUT2D eigenvalue weighted by Crippen LogP contribution is -2.45. The average Bonchev–Trinajstić information content (AvgIpc) is 2.79. The molecule has 3 aromatic rings. The minimum absolute atomic E-state index is 0.192. The quantitative estimate of drug-likeness (QED) is 0.656. The molecule has 6 nitrogen and oxygen atoms in total. The molecule has 0 radical (unpaired) electrons. The maximum atomic E-state index is 13.6. The van der Waals surface area contributed by atoms with Crippen LogP contribution in [0.2, 0.25) is 0 Å². The highest BCUT2D eigenvalue weighted by molar-refractivity contribution is 5.98. The Kier molecular flexibility index (Phi) is 6.03. The maximum absolute atomic E-state index is 13.6. The molecule has 0 aliphatic carbocycles. The Balaban J connectivity index is 1.55. The van der Waals surface area contributed by atoms with Crippen molar-refractivity contribution in [1.82, 2.24) is 9.88 Å². The van der Waals surface area contributed by atoms with E-state index in [1.807, 2.05) is 0 Å².